The molecule has 6 nitrogen and oxygen atoms in total. The number of ether oxygens (including phenoxy) is 1. The quantitative estimate of drug-likeness (QED) is 0.816. The van der Waals surface area contributed by atoms with Gasteiger partial charge in [0, 0.05) is 32.2 Å². The van der Waals surface area contributed by atoms with Crippen LogP contribution in [0.25, 0.3) is 0 Å². The molecule has 6 heteroatoms. The van der Waals surface area contributed by atoms with Gasteiger partial charge in [0.15, 0.2) is 0 Å². The van der Waals surface area contributed by atoms with Crippen molar-refractivity contribution in [2.24, 2.45) is 11.8 Å². The molecule has 114 valence electrons. The van der Waals surface area contributed by atoms with Crippen LogP contribution in [0.3, 0.4) is 0 Å². The number of carbonyl (C=O) groups excluding carboxylic acids is 1. The Kier molecular flexibility index (Phi) is 5.23. The van der Waals surface area contributed by atoms with Crippen LogP contribution in [0.15, 0.2) is 0 Å². The second kappa shape index (κ2) is 6.92. The molecule has 1 heterocycles. The molecule has 2 N–H and O–H groups in total. The molecule has 20 heavy (non-hydrogen) atoms. The van der Waals surface area contributed by atoms with Crippen molar-refractivity contribution < 1.29 is 19.4 Å². The molecule has 0 radical (unpaired) electrons. The minimum atomic E-state index is -0.755. The molecule has 1 saturated carbocycles. The predicted octanol–water partition coefficient (Wildman–Crippen LogP) is 1.31. The number of carboxylic acid groups (broad SMARTS) is 1. The molecular formula is C14H24N2O4. The fourth-order valence-electron chi connectivity index (χ4n) is 3.04. The summed E-state index contributed by atoms with van der Waals surface area (Å²) < 4.78 is 5.41. The van der Waals surface area contributed by atoms with Crippen LogP contribution in [0, 0.1) is 11.8 Å². The first-order chi connectivity index (χ1) is 9.56. The zero-order valence-electron chi connectivity index (χ0n) is 12.0. The second-order valence-electron chi connectivity index (χ2n) is 5.96. The van der Waals surface area contributed by atoms with E-state index < -0.39 is 5.97 Å². The average molecular weight is 284 g/mol. The molecule has 0 aromatic rings. The van der Waals surface area contributed by atoms with E-state index in [4.69, 9.17) is 9.84 Å². The lowest BCUT2D eigenvalue weighted by Gasteiger charge is -2.28. The van der Waals surface area contributed by atoms with Crippen LogP contribution in [0.2, 0.25) is 0 Å². The van der Waals surface area contributed by atoms with E-state index in [1.54, 1.807) is 11.9 Å². The van der Waals surface area contributed by atoms with Gasteiger partial charge in [-0.2, -0.15) is 0 Å². The van der Waals surface area contributed by atoms with Crippen molar-refractivity contribution in [2.45, 2.75) is 38.1 Å². The highest BCUT2D eigenvalue weighted by Gasteiger charge is 2.31. The van der Waals surface area contributed by atoms with Crippen molar-refractivity contribution in [3.05, 3.63) is 0 Å². The summed E-state index contributed by atoms with van der Waals surface area (Å²) in [6.07, 6.45) is 4.11. The summed E-state index contributed by atoms with van der Waals surface area (Å²) in [6, 6.07) is -0.111. The average Bonchev–Trinajstić information content (AvgIpc) is 2.88. The highest BCUT2D eigenvalue weighted by atomic mass is 16.5. The zero-order valence-corrected chi connectivity index (χ0v) is 12.0. The van der Waals surface area contributed by atoms with Gasteiger partial charge in [0.1, 0.15) is 0 Å². The molecule has 2 fully saturated rings. The number of hydrogen-bond acceptors (Lipinski definition) is 3. The second-order valence-corrected chi connectivity index (χ2v) is 5.96. The van der Waals surface area contributed by atoms with Crippen molar-refractivity contribution in [1.29, 1.82) is 0 Å². The fraction of sp³-hybridized carbons (Fsp3) is 0.857. The van der Waals surface area contributed by atoms with E-state index in [2.05, 4.69) is 5.32 Å². The van der Waals surface area contributed by atoms with Crippen LogP contribution >= 0.6 is 0 Å². The SMILES string of the molecule is CN(CC1CCCOC1)C(=O)NC1CCC(C(=O)O)C1. The molecule has 1 saturated heterocycles. The van der Waals surface area contributed by atoms with E-state index in [1.165, 1.54) is 0 Å². The molecule has 2 amide bonds. The Bertz CT molecular complexity index is 355. The van der Waals surface area contributed by atoms with Crippen LogP contribution in [0.1, 0.15) is 32.1 Å². The number of carboxylic acids is 1. The van der Waals surface area contributed by atoms with E-state index in [1.807, 2.05) is 0 Å². The molecule has 2 aliphatic rings. The monoisotopic (exact) mass is 284 g/mol. The molecule has 0 bridgehead atoms. The van der Waals surface area contributed by atoms with E-state index in [0.717, 1.165) is 32.5 Å². The van der Waals surface area contributed by atoms with Crippen LogP contribution in [-0.2, 0) is 9.53 Å². The van der Waals surface area contributed by atoms with Crippen molar-refractivity contribution in [3.8, 4) is 0 Å². The van der Waals surface area contributed by atoms with Gasteiger partial charge in [-0.25, -0.2) is 4.79 Å². The third kappa shape index (κ3) is 4.10. The van der Waals surface area contributed by atoms with Gasteiger partial charge in [-0.15, -0.1) is 0 Å². The number of carbonyl (C=O) groups is 2. The van der Waals surface area contributed by atoms with E-state index in [9.17, 15) is 9.59 Å². The first kappa shape index (κ1) is 15.1. The normalized spacial score (nSPS) is 29.9. The Morgan fingerprint density at radius 1 is 1.35 bits per heavy atom. The number of hydrogen-bond donors (Lipinski definition) is 2. The molecular weight excluding hydrogens is 260 g/mol. The van der Waals surface area contributed by atoms with Crippen LogP contribution in [0.4, 0.5) is 4.79 Å². The van der Waals surface area contributed by atoms with Crippen molar-refractivity contribution in [2.75, 3.05) is 26.8 Å². The number of rotatable bonds is 4. The maximum absolute atomic E-state index is 12.1. The largest absolute Gasteiger partial charge is 0.481 e. The summed E-state index contributed by atoms with van der Waals surface area (Å²) >= 11 is 0. The molecule has 3 atom stereocenters. The number of amides is 2. The Labute approximate surface area is 119 Å². The topological polar surface area (TPSA) is 78.9 Å². The van der Waals surface area contributed by atoms with Crippen LogP contribution < -0.4 is 5.32 Å². The van der Waals surface area contributed by atoms with Gasteiger partial charge in [0.25, 0.3) is 0 Å². The molecule has 0 aromatic carbocycles. The minimum Gasteiger partial charge on any atom is -0.481 e. The summed E-state index contributed by atoms with van der Waals surface area (Å²) in [4.78, 5) is 24.7. The first-order valence-electron chi connectivity index (χ1n) is 7.38. The number of aliphatic carboxylic acids is 1. The van der Waals surface area contributed by atoms with Crippen LogP contribution in [0.5, 0.6) is 0 Å². The van der Waals surface area contributed by atoms with E-state index in [-0.39, 0.29) is 18.0 Å². The summed E-state index contributed by atoms with van der Waals surface area (Å²) in [6.45, 7) is 2.24. The van der Waals surface area contributed by atoms with E-state index in [0.29, 0.717) is 25.3 Å². The Balaban J connectivity index is 1.72. The fourth-order valence-corrected chi connectivity index (χ4v) is 3.04. The highest BCUT2D eigenvalue weighted by molar-refractivity contribution is 5.75. The molecule has 0 spiro atoms. The lowest BCUT2D eigenvalue weighted by atomic mass is 10.0. The molecule has 1 aliphatic heterocycles. The van der Waals surface area contributed by atoms with Gasteiger partial charge in [0.05, 0.1) is 12.5 Å². The van der Waals surface area contributed by atoms with Gasteiger partial charge >= 0.3 is 12.0 Å². The van der Waals surface area contributed by atoms with E-state index >= 15 is 0 Å². The summed E-state index contributed by atoms with van der Waals surface area (Å²) in [5, 5.41) is 11.9. The minimum absolute atomic E-state index is 0.00587. The summed E-state index contributed by atoms with van der Waals surface area (Å²) in [5.41, 5.74) is 0. The van der Waals surface area contributed by atoms with Gasteiger partial charge in [-0.3, -0.25) is 4.79 Å². The molecule has 3 unspecified atom stereocenters. The van der Waals surface area contributed by atoms with Crippen LogP contribution in [-0.4, -0.2) is 54.9 Å². The lowest BCUT2D eigenvalue weighted by Crippen LogP contribution is -2.44. The van der Waals surface area contributed by atoms with Gasteiger partial charge < -0.3 is 20.1 Å². The predicted molar refractivity (Wildman–Crippen MR) is 73.5 cm³/mol. The first-order valence-corrected chi connectivity index (χ1v) is 7.38. The van der Waals surface area contributed by atoms with Gasteiger partial charge in [-0.1, -0.05) is 0 Å². The number of nitrogens with one attached hydrogen (secondary N) is 1. The standard InChI is InChI=1S/C14H24N2O4/c1-16(8-10-3-2-6-20-9-10)14(19)15-12-5-4-11(7-12)13(17)18/h10-12H,2-9H2,1H3,(H,15,19)(H,17,18). The Morgan fingerprint density at radius 2 is 2.15 bits per heavy atom. The van der Waals surface area contributed by atoms with Gasteiger partial charge in [-0.05, 0) is 32.1 Å². The maximum atomic E-state index is 12.1. The number of nitrogens with zero attached hydrogens (tertiary/aromatic N) is 1. The Morgan fingerprint density at radius 3 is 2.75 bits per heavy atom. The number of urea groups is 1. The lowest BCUT2D eigenvalue weighted by molar-refractivity contribution is -0.141. The highest BCUT2D eigenvalue weighted by Crippen LogP contribution is 2.25. The Hall–Kier alpha value is -1.30. The summed E-state index contributed by atoms with van der Waals surface area (Å²) in [5.74, 6) is -0.651. The smallest absolute Gasteiger partial charge is 0.317 e. The summed E-state index contributed by atoms with van der Waals surface area (Å²) in [7, 11) is 1.79. The van der Waals surface area contributed by atoms with Crippen molar-refractivity contribution in [3.63, 3.8) is 0 Å². The third-order valence-corrected chi connectivity index (χ3v) is 4.24. The van der Waals surface area contributed by atoms with Gasteiger partial charge in [0.2, 0.25) is 0 Å². The zero-order chi connectivity index (χ0) is 14.5. The molecule has 0 aromatic heterocycles. The molecule has 1 aliphatic carbocycles. The molecule has 2 rings (SSSR count). The maximum Gasteiger partial charge on any atom is 0.317 e. The van der Waals surface area contributed by atoms with Crippen molar-refractivity contribution >= 4 is 12.0 Å². The van der Waals surface area contributed by atoms with Crippen molar-refractivity contribution in [1.82, 2.24) is 10.2 Å². The third-order valence-electron chi connectivity index (χ3n) is 4.24.